The second-order valence-electron chi connectivity index (χ2n) is 6.85. The summed E-state index contributed by atoms with van der Waals surface area (Å²) in [5.41, 5.74) is 0. The van der Waals surface area contributed by atoms with Crippen LogP contribution in [0.2, 0.25) is 0 Å². The lowest BCUT2D eigenvalue weighted by Gasteiger charge is -2.32. The van der Waals surface area contributed by atoms with Gasteiger partial charge >= 0.3 is 0 Å². The SMILES string of the molecule is CC(C)CCN1CCC(CNC(=O)C2CC=CC2)CC1. The van der Waals surface area contributed by atoms with Gasteiger partial charge in [-0.25, -0.2) is 0 Å². The Labute approximate surface area is 123 Å². The number of piperidine rings is 1. The minimum atomic E-state index is 0.209. The largest absolute Gasteiger partial charge is 0.356 e. The van der Waals surface area contributed by atoms with Crippen molar-refractivity contribution in [1.82, 2.24) is 10.2 Å². The molecule has 1 saturated heterocycles. The van der Waals surface area contributed by atoms with Crippen LogP contribution in [0.5, 0.6) is 0 Å². The maximum atomic E-state index is 12.0. The summed E-state index contributed by atoms with van der Waals surface area (Å²) < 4.78 is 0. The molecule has 0 aromatic rings. The van der Waals surface area contributed by atoms with Crippen LogP contribution in [-0.4, -0.2) is 37.0 Å². The smallest absolute Gasteiger partial charge is 0.223 e. The molecule has 0 radical (unpaired) electrons. The molecule has 0 atom stereocenters. The van der Waals surface area contributed by atoms with E-state index in [9.17, 15) is 4.79 Å². The summed E-state index contributed by atoms with van der Waals surface area (Å²) in [5.74, 6) is 1.95. The molecular formula is C17H30N2O. The molecule has 1 amide bonds. The first kappa shape index (κ1) is 15.6. The van der Waals surface area contributed by atoms with Gasteiger partial charge in [0.1, 0.15) is 0 Å². The fraction of sp³-hybridized carbons (Fsp3) is 0.824. The van der Waals surface area contributed by atoms with Crippen molar-refractivity contribution in [2.24, 2.45) is 17.8 Å². The molecule has 1 aliphatic heterocycles. The first-order valence-electron chi connectivity index (χ1n) is 8.30. The predicted molar refractivity (Wildman–Crippen MR) is 83.5 cm³/mol. The number of carbonyl (C=O) groups is 1. The third-order valence-corrected chi connectivity index (χ3v) is 4.67. The van der Waals surface area contributed by atoms with Crippen molar-refractivity contribution in [3.63, 3.8) is 0 Å². The molecule has 0 saturated carbocycles. The highest BCUT2D eigenvalue weighted by molar-refractivity contribution is 5.79. The van der Waals surface area contributed by atoms with Crippen molar-refractivity contribution < 1.29 is 4.79 Å². The van der Waals surface area contributed by atoms with E-state index >= 15 is 0 Å². The number of allylic oxidation sites excluding steroid dienone is 2. The molecule has 0 bridgehead atoms. The van der Waals surface area contributed by atoms with Crippen molar-refractivity contribution in [3.8, 4) is 0 Å². The number of rotatable bonds is 6. The number of carbonyl (C=O) groups excluding carboxylic acids is 1. The van der Waals surface area contributed by atoms with Gasteiger partial charge in [0.05, 0.1) is 0 Å². The zero-order chi connectivity index (χ0) is 14.4. The van der Waals surface area contributed by atoms with E-state index in [1.807, 2.05) is 0 Å². The summed E-state index contributed by atoms with van der Waals surface area (Å²) in [4.78, 5) is 14.6. The number of nitrogens with one attached hydrogen (secondary N) is 1. The molecule has 1 heterocycles. The van der Waals surface area contributed by atoms with Gasteiger partial charge in [0.25, 0.3) is 0 Å². The lowest BCUT2D eigenvalue weighted by atomic mass is 9.95. The van der Waals surface area contributed by atoms with Gasteiger partial charge in [-0.2, -0.15) is 0 Å². The summed E-state index contributed by atoms with van der Waals surface area (Å²) in [6.45, 7) is 9.12. The van der Waals surface area contributed by atoms with E-state index in [1.165, 1.54) is 38.9 Å². The molecule has 0 unspecified atom stereocenters. The maximum absolute atomic E-state index is 12.0. The Kier molecular flexibility index (Phi) is 6.08. The molecule has 0 aromatic heterocycles. The van der Waals surface area contributed by atoms with Crippen LogP contribution in [0.4, 0.5) is 0 Å². The molecule has 1 fully saturated rings. The van der Waals surface area contributed by atoms with Gasteiger partial charge in [0.15, 0.2) is 0 Å². The van der Waals surface area contributed by atoms with E-state index in [0.29, 0.717) is 5.92 Å². The van der Waals surface area contributed by atoms with Crippen molar-refractivity contribution in [2.75, 3.05) is 26.2 Å². The molecule has 1 aliphatic carbocycles. The zero-order valence-corrected chi connectivity index (χ0v) is 13.1. The van der Waals surface area contributed by atoms with Gasteiger partial charge < -0.3 is 10.2 Å². The van der Waals surface area contributed by atoms with Crippen LogP contribution in [0.3, 0.4) is 0 Å². The molecule has 2 rings (SSSR count). The summed E-state index contributed by atoms with van der Waals surface area (Å²) in [5, 5.41) is 3.16. The minimum absolute atomic E-state index is 0.209. The fourth-order valence-electron chi connectivity index (χ4n) is 3.08. The number of likely N-dealkylation sites (tertiary alicyclic amines) is 1. The zero-order valence-electron chi connectivity index (χ0n) is 13.1. The second kappa shape index (κ2) is 7.82. The highest BCUT2D eigenvalue weighted by atomic mass is 16.1. The third-order valence-electron chi connectivity index (χ3n) is 4.67. The fourth-order valence-corrected chi connectivity index (χ4v) is 3.08. The average molecular weight is 278 g/mol. The van der Waals surface area contributed by atoms with Gasteiger partial charge in [-0.05, 0) is 63.6 Å². The van der Waals surface area contributed by atoms with Crippen molar-refractivity contribution in [1.29, 1.82) is 0 Å². The third kappa shape index (κ3) is 4.93. The van der Waals surface area contributed by atoms with Crippen molar-refractivity contribution in [3.05, 3.63) is 12.2 Å². The standard InChI is InChI=1S/C17H30N2O/c1-14(2)7-10-19-11-8-15(9-12-19)13-18-17(20)16-5-3-4-6-16/h3-4,14-16H,5-13H2,1-2H3,(H,18,20). The van der Waals surface area contributed by atoms with Crippen LogP contribution in [0, 0.1) is 17.8 Å². The molecule has 114 valence electrons. The van der Waals surface area contributed by atoms with E-state index in [4.69, 9.17) is 0 Å². The van der Waals surface area contributed by atoms with Gasteiger partial charge in [-0.15, -0.1) is 0 Å². The van der Waals surface area contributed by atoms with E-state index < -0.39 is 0 Å². The summed E-state index contributed by atoms with van der Waals surface area (Å²) >= 11 is 0. The molecule has 2 aliphatic rings. The monoisotopic (exact) mass is 278 g/mol. The Morgan fingerprint density at radius 1 is 1.25 bits per heavy atom. The Hall–Kier alpha value is -0.830. The van der Waals surface area contributed by atoms with Gasteiger partial charge in [0, 0.05) is 12.5 Å². The quantitative estimate of drug-likeness (QED) is 0.758. The van der Waals surface area contributed by atoms with Gasteiger partial charge in [-0.1, -0.05) is 26.0 Å². The predicted octanol–water partition coefficient (Wildman–Crippen LogP) is 2.83. The lowest BCUT2D eigenvalue weighted by molar-refractivity contribution is -0.124. The molecular weight excluding hydrogens is 248 g/mol. The Morgan fingerprint density at radius 3 is 2.50 bits per heavy atom. The van der Waals surface area contributed by atoms with E-state index in [2.05, 4.69) is 36.2 Å². The summed E-state index contributed by atoms with van der Waals surface area (Å²) in [6.07, 6.45) is 9.88. The van der Waals surface area contributed by atoms with Crippen LogP contribution in [-0.2, 0) is 4.79 Å². The number of hydrogen-bond donors (Lipinski definition) is 1. The number of amides is 1. The van der Waals surface area contributed by atoms with E-state index in [0.717, 1.165) is 25.3 Å². The van der Waals surface area contributed by atoms with Crippen LogP contribution in [0.25, 0.3) is 0 Å². The lowest BCUT2D eigenvalue weighted by Crippen LogP contribution is -2.40. The van der Waals surface area contributed by atoms with Crippen molar-refractivity contribution >= 4 is 5.91 Å². The summed E-state index contributed by atoms with van der Waals surface area (Å²) in [7, 11) is 0. The highest BCUT2D eigenvalue weighted by Gasteiger charge is 2.22. The Bertz CT molecular complexity index is 322. The Balaban J connectivity index is 1.58. The van der Waals surface area contributed by atoms with E-state index in [-0.39, 0.29) is 11.8 Å². The molecule has 0 aromatic carbocycles. The number of nitrogens with zero attached hydrogens (tertiary/aromatic N) is 1. The first-order chi connectivity index (χ1) is 9.65. The first-order valence-corrected chi connectivity index (χ1v) is 8.30. The Morgan fingerprint density at radius 2 is 1.90 bits per heavy atom. The highest BCUT2D eigenvalue weighted by Crippen LogP contribution is 2.20. The average Bonchev–Trinajstić information content (AvgIpc) is 2.98. The molecule has 1 N–H and O–H groups in total. The summed E-state index contributed by atoms with van der Waals surface area (Å²) in [6, 6.07) is 0. The van der Waals surface area contributed by atoms with Crippen LogP contribution < -0.4 is 5.32 Å². The topological polar surface area (TPSA) is 32.3 Å². The van der Waals surface area contributed by atoms with Gasteiger partial charge in [-0.3, -0.25) is 4.79 Å². The van der Waals surface area contributed by atoms with Crippen LogP contribution in [0.1, 0.15) is 46.0 Å². The normalized spacial score (nSPS) is 21.8. The van der Waals surface area contributed by atoms with Crippen LogP contribution in [0.15, 0.2) is 12.2 Å². The number of hydrogen-bond acceptors (Lipinski definition) is 2. The molecule has 20 heavy (non-hydrogen) atoms. The molecule has 3 nitrogen and oxygen atoms in total. The van der Waals surface area contributed by atoms with Crippen molar-refractivity contribution in [2.45, 2.75) is 46.0 Å². The maximum Gasteiger partial charge on any atom is 0.223 e. The second-order valence-corrected chi connectivity index (χ2v) is 6.85. The molecule has 3 heteroatoms. The van der Waals surface area contributed by atoms with E-state index in [1.54, 1.807) is 0 Å². The van der Waals surface area contributed by atoms with Crippen LogP contribution >= 0.6 is 0 Å². The minimum Gasteiger partial charge on any atom is -0.356 e. The van der Waals surface area contributed by atoms with Gasteiger partial charge in [0.2, 0.25) is 5.91 Å². The molecule has 0 spiro atoms.